The van der Waals surface area contributed by atoms with Crippen LogP contribution in [-0.4, -0.2) is 37.2 Å². The van der Waals surface area contributed by atoms with E-state index in [1.165, 1.54) is 148 Å². The van der Waals surface area contributed by atoms with E-state index in [9.17, 15) is 14.4 Å². The number of hydrogen-bond acceptors (Lipinski definition) is 6. The lowest BCUT2D eigenvalue weighted by Crippen LogP contribution is -2.30. The van der Waals surface area contributed by atoms with Gasteiger partial charge in [0.05, 0.1) is 0 Å². The highest BCUT2D eigenvalue weighted by Crippen LogP contribution is 2.15. The van der Waals surface area contributed by atoms with Gasteiger partial charge in [0, 0.05) is 19.3 Å². The Balaban J connectivity index is 4.42. The maximum Gasteiger partial charge on any atom is 0.306 e. The van der Waals surface area contributed by atoms with Crippen LogP contribution in [0.15, 0.2) is 72.9 Å². The summed E-state index contributed by atoms with van der Waals surface area (Å²) in [5.74, 6) is -0.922. The zero-order valence-electron chi connectivity index (χ0n) is 44.9. The van der Waals surface area contributed by atoms with Gasteiger partial charge in [0.15, 0.2) is 6.10 Å². The van der Waals surface area contributed by atoms with E-state index >= 15 is 0 Å². The molecule has 0 aliphatic heterocycles. The van der Waals surface area contributed by atoms with E-state index in [-0.39, 0.29) is 31.1 Å². The predicted octanol–water partition coefficient (Wildman–Crippen LogP) is 19.4. The van der Waals surface area contributed by atoms with Crippen LogP contribution in [0, 0.1) is 0 Å². The maximum absolute atomic E-state index is 12.9. The van der Waals surface area contributed by atoms with Crippen LogP contribution < -0.4 is 0 Å². The van der Waals surface area contributed by atoms with E-state index in [4.69, 9.17) is 14.2 Å². The molecule has 0 radical (unpaired) electrons. The number of ether oxygens (including phenoxy) is 3. The molecule has 0 heterocycles. The molecule has 0 N–H and O–H groups in total. The fraction of sp³-hybridized carbons (Fsp3) is 0.758. The highest BCUT2D eigenvalue weighted by atomic mass is 16.6. The second kappa shape index (κ2) is 56.4. The predicted molar refractivity (Wildman–Crippen MR) is 293 cm³/mol. The number of carbonyl (C=O) groups is 3. The Hall–Kier alpha value is -3.15. The SMILES string of the molecule is CCCCC/C=C\C=C/CCCCCCCCCCCCC(=O)OCC(COC(=O)CCCCC/C=C\CCCCCCCC)OC(=O)CCCCCCC\C=C/C=C\C=C/CCCCCCC. The van der Waals surface area contributed by atoms with Crippen LogP contribution in [0.25, 0.3) is 0 Å². The molecule has 0 aliphatic carbocycles. The van der Waals surface area contributed by atoms with Gasteiger partial charge in [-0.15, -0.1) is 0 Å². The molecular formula is C62H108O6. The van der Waals surface area contributed by atoms with E-state index in [1.54, 1.807) is 0 Å². The van der Waals surface area contributed by atoms with Crippen molar-refractivity contribution in [2.75, 3.05) is 13.2 Å². The quantitative estimate of drug-likeness (QED) is 0.0199. The highest BCUT2D eigenvalue weighted by molar-refractivity contribution is 5.71. The van der Waals surface area contributed by atoms with E-state index in [0.29, 0.717) is 19.3 Å². The van der Waals surface area contributed by atoms with Gasteiger partial charge in [-0.25, -0.2) is 0 Å². The molecule has 0 aliphatic rings. The van der Waals surface area contributed by atoms with Crippen LogP contribution >= 0.6 is 0 Å². The van der Waals surface area contributed by atoms with Crippen molar-refractivity contribution in [3.63, 3.8) is 0 Å². The Bertz CT molecular complexity index is 1270. The second-order valence-electron chi connectivity index (χ2n) is 19.3. The van der Waals surface area contributed by atoms with E-state index in [1.807, 2.05) is 0 Å². The van der Waals surface area contributed by atoms with Crippen LogP contribution in [0.2, 0.25) is 0 Å². The van der Waals surface area contributed by atoms with Crippen molar-refractivity contribution in [2.45, 2.75) is 290 Å². The lowest BCUT2D eigenvalue weighted by molar-refractivity contribution is -0.167. The number of carbonyl (C=O) groups excluding carboxylic acids is 3. The van der Waals surface area contributed by atoms with Crippen molar-refractivity contribution >= 4 is 17.9 Å². The number of allylic oxidation sites excluding steroid dienone is 12. The van der Waals surface area contributed by atoms with E-state index in [2.05, 4.69) is 93.7 Å². The van der Waals surface area contributed by atoms with Gasteiger partial charge in [-0.05, 0) is 96.3 Å². The molecule has 0 rings (SSSR count). The smallest absolute Gasteiger partial charge is 0.306 e. The number of hydrogen-bond donors (Lipinski definition) is 0. The average molecular weight is 950 g/mol. The average Bonchev–Trinajstić information content (AvgIpc) is 3.34. The van der Waals surface area contributed by atoms with Crippen LogP contribution in [0.5, 0.6) is 0 Å². The zero-order valence-corrected chi connectivity index (χ0v) is 44.9. The van der Waals surface area contributed by atoms with Crippen LogP contribution in [-0.2, 0) is 28.6 Å². The summed E-state index contributed by atoms with van der Waals surface area (Å²) in [4.78, 5) is 38.1. The number of rotatable bonds is 52. The maximum atomic E-state index is 12.9. The molecule has 0 amide bonds. The minimum Gasteiger partial charge on any atom is -0.462 e. The van der Waals surface area contributed by atoms with Gasteiger partial charge in [-0.2, -0.15) is 0 Å². The first kappa shape index (κ1) is 64.8. The topological polar surface area (TPSA) is 78.9 Å². The van der Waals surface area contributed by atoms with Crippen LogP contribution in [0.3, 0.4) is 0 Å². The molecule has 1 unspecified atom stereocenters. The first-order chi connectivity index (χ1) is 33.5. The van der Waals surface area contributed by atoms with Gasteiger partial charge in [-0.1, -0.05) is 241 Å². The Kier molecular flexibility index (Phi) is 53.8. The zero-order chi connectivity index (χ0) is 49.3. The van der Waals surface area contributed by atoms with Gasteiger partial charge in [-0.3, -0.25) is 14.4 Å². The molecule has 6 heteroatoms. The fourth-order valence-corrected chi connectivity index (χ4v) is 8.08. The van der Waals surface area contributed by atoms with Crippen molar-refractivity contribution < 1.29 is 28.6 Å². The molecule has 0 bridgehead atoms. The summed E-state index contributed by atoms with van der Waals surface area (Å²) in [5.41, 5.74) is 0. The molecule has 0 aromatic carbocycles. The third kappa shape index (κ3) is 53.8. The summed E-state index contributed by atoms with van der Waals surface area (Å²) in [5, 5.41) is 0. The summed E-state index contributed by atoms with van der Waals surface area (Å²) in [6.45, 7) is 6.57. The molecule has 0 saturated carbocycles. The third-order valence-corrected chi connectivity index (χ3v) is 12.5. The monoisotopic (exact) mass is 949 g/mol. The largest absolute Gasteiger partial charge is 0.462 e. The lowest BCUT2D eigenvalue weighted by Gasteiger charge is -2.18. The fourth-order valence-electron chi connectivity index (χ4n) is 8.08. The van der Waals surface area contributed by atoms with Crippen molar-refractivity contribution in [2.24, 2.45) is 0 Å². The first-order valence-electron chi connectivity index (χ1n) is 29.0. The van der Waals surface area contributed by atoms with E-state index in [0.717, 1.165) is 96.3 Å². The Morgan fingerprint density at radius 2 is 0.544 bits per heavy atom. The van der Waals surface area contributed by atoms with Gasteiger partial charge in [0.2, 0.25) is 0 Å². The third-order valence-electron chi connectivity index (χ3n) is 12.5. The standard InChI is InChI=1S/C62H108O6/c1-4-7-10-13-16-19-22-25-27-29-31-33-34-37-40-43-46-49-52-55-61(64)67-58-59(57-66-60(63)54-51-48-45-42-39-36-24-21-18-15-12-9-6-3)68-62(65)56-53-50-47-44-41-38-35-32-30-28-26-23-20-17-14-11-8-5-2/h16,19,22-23,25-26,28,30,32,35-36,39,59H,4-15,17-18,20-21,24,27,29,31,33-34,37-38,40-58H2,1-3H3/b19-16-,25-22-,26-23-,30-28-,35-32-,39-36-. The van der Waals surface area contributed by atoms with Crippen molar-refractivity contribution in [3.05, 3.63) is 72.9 Å². The van der Waals surface area contributed by atoms with E-state index < -0.39 is 6.10 Å². The molecule has 6 nitrogen and oxygen atoms in total. The summed E-state index contributed by atoms with van der Waals surface area (Å²) < 4.78 is 16.8. The second-order valence-corrected chi connectivity index (χ2v) is 19.3. The molecule has 1 atom stereocenters. The van der Waals surface area contributed by atoms with Crippen LogP contribution in [0.1, 0.15) is 284 Å². The Labute approximate surface area is 421 Å². The van der Waals surface area contributed by atoms with Crippen molar-refractivity contribution in [3.8, 4) is 0 Å². The minimum absolute atomic E-state index is 0.0898. The molecule has 0 fully saturated rings. The molecule has 0 spiro atoms. The summed E-state index contributed by atoms with van der Waals surface area (Å²) in [6, 6.07) is 0. The van der Waals surface area contributed by atoms with Crippen molar-refractivity contribution in [1.29, 1.82) is 0 Å². The van der Waals surface area contributed by atoms with Gasteiger partial charge < -0.3 is 14.2 Å². The first-order valence-corrected chi connectivity index (χ1v) is 29.0. The lowest BCUT2D eigenvalue weighted by atomic mass is 10.1. The summed E-state index contributed by atoms with van der Waals surface area (Å²) >= 11 is 0. The molecule has 392 valence electrons. The summed E-state index contributed by atoms with van der Waals surface area (Å²) in [7, 11) is 0. The van der Waals surface area contributed by atoms with Crippen LogP contribution in [0.4, 0.5) is 0 Å². The normalized spacial score (nSPS) is 12.6. The molecule has 0 aromatic heterocycles. The Morgan fingerprint density at radius 3 is 0.912 bits per heavy atom. The van der Waals surface area contributed by atoms with Crippen molar-refractivity contribution in [1.82, 2.24) is 0 Å². The van der Waals surface area contributed by atoms with Gasteiger partial charge >= 0.3 is 17.9 Å². The molecule has 68 heavy (non-hydrogen) atoms. The van der Waals surface area contributed by atoms with Gasteiger partial charge in [0.25, 0.3) is 0 Å². The summed E-state index contributed by atoms with van der Waals surface area (Å²) in [6.07, 6.45) is 71.7. The van der Waals surface area contributed by atoms with Gasteiger partial charge in [0.1, 0.15) is 13.2 Å². The minimum atomic E-state index is -0.794. The molecular weight excluding hydrogens is 841 g/mol. The highest BCUT2D eigenvalue weighted by Gasteiger charge is 2.19. The Morgan fingerprint density at radius 1 is 0.294 bits per heavy atom. The molecule has 0 saturated heterocycles. The number of unbranched alkanes of at least 4 members (excludes halogenated alkanes) is 32. The number of esters is 3. The molecule has 0 aromatic rings.